The van der Waals surface area contributed by atoms with Gasteiger partial charge in [-0.25, -0.2) is 0 Å². The van der Waals surface area contributed by atoms with Gasteiger partial charge in [-0.1, -0.05) is 52.0 Å². The van der Waals surface area contributed by atoms with Gasteiger partial charge in [0.1, 0.15) is 0 Å². The summed E-state index contributed by atoms with van der Waals surface area (Å²) < 4.78 is 42.0. The summed E-state index contributed by atoms with van der Waals surface area (Å²) >= 11 is -0.0366. The lowest BCUT2D eigenvalue weighted by molar-refractivity contribution is -0.597. The average molecular weight is 452 g/mol. The van der Waals surface area contributed by atoms with Crippen molar-refractivity contribution >= 4 is 7.25 Å². The van der Waals surface area contributed by atoms with E-state index in [2.05, 4.69) is 76.2 Å². The molecular weight excluding hydrogens is 430 g/mol. The highest BCUT2D eigenvalue weighted by molar-refractivity contribution is 6.50. The molecule has 0 bridgehead atoms. The topological polar surface area (TPSA) is 0 Å². The molecule has 0 aliphatic carbocycles. The largest absolute Gasteiger partial charge is 0.673 e. The Bertz CT molecular complexity index is 549. The number of benzene rings is 2. The fourth-order valence-electron chi connectivity index (χ4n) is 1.95. The van der Waals surface area contributed by atoms with Gasteiger partial charge in [0.05, 0.1) is 0 Å². The van der Waals surface area contributed by atoms with E-state index in [1.807, 2.05) is 0 Å². The van der Waals surface area contributed by atoms with Gasteiger partial charge in [-0.3, -0.25) is 0 Å². The molecule has 0 amide bonds. The first-order valence-corrected chi connectivity index (χ1v) is 9.94. The van der Waals surface area contributed by atoms with Gasteiger partial charge in [0.2, 0.25) is 0 Å². The Morgan fingerprint density at radius 1 is 0.625 bits per heavy atom. The van der Waals surface area contributed by atoms with Gasteiger partial charge in [-0.2, -0.15) is 0 Å². The molecule has 0 N–H and O–H groups in total. The third kappa shape index (κ3) is 8.71. The fourth-order valence-corrected chi connectivity index (χ4v) is 4.10. The standard InChI is InChI=1S/C18H22I.BF4/c1-13(2)15-5-9-17(10-6-15)19-18-11-7-16(8-12-18)14(3)4;2-1(3,4)5/h5-14H,1-4H3;/q+1;-1. The van der Waals surface area contributed by atoms with Gasteiger partial charge < -0.3 is 17.3 Å². The molecule has 0 fully saturated rings. The first kappa shape index (κ1) is 21.0. The molecule has 2 aromatic carbocycles. The molecule has 0 aliphatic rings. The predicted molar refractivity (Wildman–Crippen MR) is 88.6 cm³/mol. The zero-order chi connectivity index (χ0) is 18.3. The molecule has 24 heavy (non-hydrogen) atoms. The SMILES string of the molecule is CC(C)c1ccc([I+]c2ccc(C(C)C)cc2)cc1.F[B-](F)(F)F. The molecule has 6 heteroatoms. The monoisotopic (exact) mass is 452 g/mol. The lowest BCUT2D eigenvalue weighted by atomic mass is 10.0. The van der Waals surface area contributed by atoms with E-state index in [4.69, 9.17) is 0 Å². The Kier molecular flexibility index (Phi) is 8.26. The van der Waals surface area contributed by atoms with E-state index in [0.29, 0.717) is 11.8 Å². The van der Waals surface area contributed by atoms with Crippen LogP contribution in [0.4, 0.5) is 17.3 Å². The molecule has 2 aromatic rings. The molecule has 0 spiro atoms. The molecule has 0 aromatic heterocycles. The van der Waals surface area contributed by atoms with E-state index >= 15 is 0 Å². The Morgan fingerprint density at radius 2 is 0.875 bits per heavy atom. The van der Waals surface area contributed by atoms with E-state index in [1.54, 1.807) is 0 Å². The summed E-state index contributed by atoms with van der Waals surface area (Å²) in [4.78, 5) is 0. The van der Waals surface area contributed by atoms with Crippen LogP contribution in [-0.4, -0.2) is 7.25 Å². The van der Waals surface area contributed by atoms with Crippen molar-refractivity contribution in [2.45, 2.75) is 39.5 Å². The summed E-state index contributed by atoms with van der Waals surface area (Å²) in [6.07, 6.45) is 0. The summed E-state index contributed by atoms with van der Waals surface area (Å²) in [5.41, 5.74) is 2.87. The zero-order valence-corrected chi connectivity index (χ0v) is 16.4. The van der Waals surface area contributed by atoms with Crippen LogP contribution in [0.15, 0.2) is 48.5 Å². The van der Waals surface area contributed by atoms with Gasteiger partial charge >= 0.3 is 28.5 Å². The van der Waals surface area contributed by atoms with Crippen LogP contribution in [0.5, 0.6) is 0 Å². The zero-order valence-electron chi connectivity index (χ0n) is 14.2. The van der Waals surface area contributed by atoms with Crippen LogP contribution in [0.25, 0.3) is 0 Å². The van der Waals surface area contributed by atoms with Gasteiger partial charge in [0.15, 0.2) is 7.14 Å². The second kappa shape index (κ2) is 9.44. The number of rotatable bonds is 4. The average Bonchev–Trinajstić information content (AvgIpc) is 2.46. The minimum absolute atomic E-state index is 0.0366. The number of hydrogen-bond donors (Lipinski definition) is 0. The third-order valence-corrected chi connectivity index (χ3v) is 5.98. The molecule has 0 saturated carbocycles. The van der Waals surface area contributed by atoms with Crippen LogP contribution in [0, 0.1) is 7.14 Å². The van der Waals surface area contributed by atoms with Gasteiger partial charge in [-0.15, -0.1) is 0 Å². The minimum atomic E-state index is -6.00. The lowest BCUT2D eigenvalue weighted by Gasteiger charge is -2.03. The lowest BCUT2D eigenvalue weighted by Crippen LogP contribution is -3.61. The Hall–Kier alpha value is -1.05. The molecule has 0 radical (unpaired) electrons. The van der Waals surface area contributed by atoms with Crippen molar-refractivity contribution in [2.24, 2.45) is 0 Å². The molecule has 0 saturated heterocycles. The second-order valence-electron chi connectivity index (χ2n) is 6.00. The summed E-state index contributed by atoms with van der Waals surface area (Å²) in [6, 6.07) is 18.3. The van der Waals surface area contributed by atoms with Gasteiger partial charge in [-0.05, 0) is 47.2 Å². The molecule has 132 valence electrons. The van der Waals surface area contributed by atoms with Crippen molar-refractivity contribution in [1.29, 1.82) is 0 Å². The summed E-state index contributed by atoms with van der Waals surface area (Å²) in [5, 5.41) is 0. The maximum Gasteiger partial charge on any atom is 0.673 e. The maximum atomic E-state index is 9.75. The number of hydrogen-bond acceptors (Lipinski definition) is 0. The van der Waals surface area contributed by atoms with Crippen molar-refractivity contribution in [3.63, 3.8) is 0 Å². The van der Waals surface area contributed by atoms with Crippen molar-refractivity contribution in [3.8, 4) is 0 Å². The van der Waals surface area contributed by atoms with Crippen molar-refractivity contribution in [1.82, 2.24) is 0 Å². The van der Waals surface area contributed by atoms with Crippen LogP contribution in [0.3, 0.4) is 0 Å². The van der Waals surface area contributed by atoms with Gasteiger partial charge in [0.25, 0.3) is 0 Å². The Labute approximate surface area is 152 Å². The summed E-state index contributed by atoms with van der Waals surface area (Å²) in [7, 11) is -6.00. The molecular formula is C18H22BF4I. The molecule has 0 aliphatic heterocycles. The second-order valence-corrected chi connectivity index (χ2v) is 9.03. The van der Waals surface area contributed by atoms with Crippen LogP contribution in [-0.2, 0) is 0 Å². The summed E-state index contributed by atoms with van der Waals surface area (Å²) in [5.74, 6) is 1.25. The first-order chi connectivity index (χ1) is 11.1. The normalized spacial score (nSPS) is 11.4. The van der Waals surface area contributed by atoms with E-state index in [1.165, 1.54) is 18.3 Å². The van der Waals surface area contributed by atoms with Crippen LogP contribution in [0.2, 0.25) is 0 Å². The molecule has 0 heterocycles. The highest BCUT2D eigenvalue weighted by Gasteiger charge is 2.20. The summed E-state index contributed by atoms with van der Waals surface area (Å²) in [6.45, 7) is 8.98. The van der Waals surface area contributed by atoms with Crippen molar-refractivity contribution in [2.75, 3.05) is 0 Å². The molecule has 2 rings (SSSR count). The van der Waals surface area contributed by atoms with E-state index in [0.717, 1.165) is 0 Å². The predicted octanol–water partition coefficient (Wildman–Crippen LogP) is 3.36. The first-order valence-electron chi connectivity index (χ1n) is 7.78. The quantitative estimate of drug-likeness (QED) is 0.380. The van der Waals surface area contributed by atoms with Crippen LogP contribution in [0.1, 0.15) is 50.7 Å². The van der Waals surface area contributed by atoms with Crippen LogP contribution >= 0.6 is 0 Å². The van der Waals surface area contributed by atoms with E-state index < -0.39 is 7.25 Å². The van der Waals surface area contributed by atoms with Crippen molar-refractivity contribution < 1.29 is 38.5 Å². The molecule has 0 atom stereocenters. The van der Waals surface area contributed by atoms with E-state index in [9.17, 15) is 17.3 Å². The molecule has 0 unspecified atom stereocenters. The smallest absolute Gasteiger partial charge is 0.418 e. The highest BCUT2D eigenvalue weighted by Crippen LogP contribution is 2.13. The Morgan fingerprint density at radius 3 is 1.08 bits per heavy atom. The van der Waals surface area contributed by atoms with Crippen LogP contribution < -0.4 is 21.2 Å². The Balaban J connectivity index is 0.000000505. The van der Waals surface area contributed by atoms with Crippen molar-refractivity contribution in [3.05, 3.63) is 66.8 Å². The van der Waals surface area contributed by atoms with E-state index in [-0.39, 0.29) is 21.2 Å². The minimum Gasteiger partial charge on any atom is -0.418 e. The van der Waals surface area contributed by atoms with Gasteiger partial charge in [0, 0.05) is 0 Å². The fraction of sp³-hybridized carbons (Fsp3) is 0.333. The third-order valence-electron chi connectivity index (χ3n) is 3.29. The maximum absolute atomic E-state index is 9.75. The molecule has 0 nitrogen and oxygen atoms in total. The highest BCUT2D eigenvalue weighted by atomic mass is 127. The number of halogens is 5.